The molecule has 4 aromatic carbocycles. The molecular weight excluding hydrogens is 592 g/mol. The Morgan fingerprint density at radius 1 is 0.619 bits per heavy atom. The molecule has 0 unspecified atom stereocenters. The lowest BCUT2D eigenvalue weighted by Gasteiger charge is -2.11. The van der Waals surface area contributed by atoms with Crippen LogP contribution in [0.4, 0.5) is 11.4 Å². The van der Waals surface area contributed by atoms with Gasteiger partial charge >= 0.3 is 20.2 Å². The molecule has 1 aliphatic rings. The van der Waals surface area contributed by atoms with Gasteiger partial charge in [-0.25, -0.2) is 0 Å². The minimum atomic E-state index is -4.73. The summed E-state index contributed by atoms with van der Waals surface area (Å²) in [5.74, 6) is -1.18. The summed E-state index contributed by atoms with van der Waals surface area (Å²) < 4.78 is 62.7. The molecule has 0 spiro atoms. The number of ketones is 1. The van der Waals surface area contributed by atoms with Gasteiger partial charge in [0, 0.05) is 23.3 Å². The third-order valence-corrected chi connectivity index (χ3v) is 8.90. The Kier molecular flexibility index (Phi) is 6.79. The van der Waals surface area contributed by atoms with Crippen molar-refractivity contribution in [2.45, 2.75) is 23.6 Å². The van der Waals surface area contributed by atoms with Crippen LogP contribution in [-0.4, -0.2) is 32.5 Å². The van der Waals surface area contributed by atoms with E-state index in [4.69, 9.17) is 8.37 Å². The standard InChI is InChI=1S/C27H18N2O11S2/c1-15-7-3-5-9-23(15)39-41(35,36)17-11-19-25(21(13-17)28(31)32)26-20(27(19)30)12-18(14-22(26)29(33)34)42(37,38)40-24-10-6-4-8-16(24)2/h3-14H,1-2H3. The molecule has 0 saturated heterocycles. The van der Waals surface area contributed by atoms with Crippen LogP contribution in [0.15, 0.2) is 82.6 Å². The van der Waals surface area contributed by atoms with Crippen molar-refractivity contribution in [1.82, 2.24) is 0 Å². The van der Waals surface area contributed by atoms with Crippen LogP contribution in [0.1, 0.15) is 27.0 Å². The Bertz CT molecular complexity index is 1920. The molecule has 214 valence electrons. The Balaban J connectivity index is 1.68. The van der Waals surface area contributed by atoms with Crippen LogP contribution < -0.4 is 8.37 Å². The van der Waals surface area contributed by atoms with E-state index in [9.17, 15) is 41.9 Å². The van der Waals surface area contributed by atoms with Crippen molar-refractivity contribution in [3.8, 4) is 22.6 Å². The highest BCUT2D eigenvalue weighted by Crippen LogP contribution is 2.49. The lowest BCUT2D eigenvalue weighted by Crippen LogP contribution is -2.12. The molecule has 13 nitrogen and oxygen atoms in total. The molecule has 1 aliphatic carbocycles. The molecule has 0 aliphatic heterocycles. The highest BCUT2D eigenvalue weighted by molar-refractivity contribution is 7.87. The van der Waals surface area contributed by atoms with Crippen molar-refractivity contribution in [1.29, 1.82) is 0 Å². The van der Waals surface area contributed by atoms with Crippen LogP contribution >= 0.6 is 0 Å². The van der Waals surface area contributed by atoms with E-state index in [0.717, 1.165) is 12.1 Å². The summed E-state index contributed by atoms with van der Waals surface area (Å²) in [7, 11) is -9.45. The smallest absolute Gasteiger partial charge is 0.339 e. The zero-order valence-electron chi connectivity index (χ0n) is 21.6. The second-order valence-electron chi connectivity index (χ2n) is 9.18. The van der Waals surface area contributed by atoms with Crippen LogP contribution in [0.2, 0.25) is 0 Å². The largest absolute Gasteiger partial charge is 0.379 e. The van der Waals surface area contributed by atoms with Crippen molar-refractivity contribution in [3.63, 3.8) is 0 Å². The number of para-hydroxylation sites is 2. The monoisotopic (exact) mass is 610 g/mol. The predicted molar refractivity (Wildman–Crippen MR) is 147 cm³/mol. The summed E-state index contributed by atoms with van der Waals surface area (Å²) >= 11 is 0. The number of nitro benzene ring substituents is 2. The van der Waals surface area contributed by atoms with Gasteiger partial charge in [-0.2, -0.15) is 16.8 Å². The molecule has 0 aromatic heterocycles. The molecule has 0 N–H and O–H groups in total. The molecule has 0 saturated carbocycles. The van der Waals surface area contributed by atoms with Gasteiger partial charge < -0.3 is 8.37 Å². The van der Waals surface area contributed by atoms with Crippen LogP contribution in [0.25, 0.3) is 11.1 Å². The van der Waals surface area contributed by atoms with Crippen LogP contribution in [0.3, 0.4) is 0 Å². The number of carbonyl (C=O) groups excluding carboxylic acids is 1. The number of carbonyl (C=O) groups is 1. The fourth-order valence-electron chi connectivity index (χ4n) is 4.44. The lowest BCUT2D eigenvalue weighted by molar-refractivity contribution is -0.386. The fraction of sp³-hybridized carbons (Fsp3) is 0.0741. The maximum atomic E-state index is 13.5. The van der Waals surface area contributed by atoms with E-state index in [1.54, 1.807) is 38.1 Å². The van der Waals surface area contributed by atoms with Crippen molar-refractivity contribution in [3.05, 3.63) is 115 Å². The Labute approximate surface area is 238 Å². The molecule has 4 aromatic rings. The van der Waals surface area contributed by atoms with Crippen molar-refractivity contribution >= 4 is 37.4 Å². The zero-order chi connectivity index (χ0) is 30.6. The molecule has 0 radical (unpaired) electrons. The quantitative estimate of drug-likeness (QED) is 0.132. The number of hydrogen-bond donors (Lipinski definition) is 0. The van der Waals surface area contributed by atoms with Gasteiger partial charge in [-0.1, -0.05) is 36.4 Å². The second kappa shape index (κ2) is 10.0. The number of rotatable bonds is 8. The molecule has 15 heteroatoms. The van der Waals surface area contributed by atoms with Gasteiger partial charge in [0.2, 0.25) is 0 Å². The van der Waals surface area contributed by atoms with Gasteiger partial charge in [0.1, 0.15) is 21.3 Å². The van der Waals surface area contributed by atoms with Crippen molar-refractivity contribution in [2.75, 3.05) is 0 Å². The van der Waals surface area contributed by atoms with Crippen LogP contribution in [0, 0.1) is 34.1 Å². The van der Waals surface area contributed by atoms with E-state index >= 15 is 0 Å². The molecule has 0 fully saturated rings. The fourth-order valence-corrected chi connectivity index (χ4v) is 6.52. The van der Waals surface area contributed by atoms with Crippen molar-refractivity contribution < 1.29 is 39.8 Å². The molecule has 42 heavy (non-hydrogen) atoms. The van der Waals surface area contributed by atoms with Gasteiger partial charge in [0.15, 0.2) is 5.78 Å². The number of hydrogen-bond acceptors (Lipinski definition) is 11. The second-order valence-corrected chi connectivity index (χ2v) is 12.3. The van der Waals surface area contributed by atoms with E-state index < -0.39 is 79.3 Å². The number of nitro groups is 2. The first-order valence-electron chi connectivity index (χ1n) is 11.9. The average Bonchev–Trinajstić information content (AvgIpc) is 3.21. The lowest BCUT2D eigenvalue weighted by atomic mass is 10.0. The minimum Gasteiger partial charge on any atom is -0.379 e. The van der Waals surface area contributed by atoms with Gasteiger partial charge in [-0.3, -0.25) is 25.0 Å². The van der Waals surface area contributed by atoms with Gasteiger partial charge in [-0.05, 0) is 49.2 Å². The van der Waals surface area contributed by atoms with Gasteiger partial charge in [-0.15, -0.1) is 0 Å². The van der Waals surface area contributed by atoms with Gasteiger partial charge in [0.05, 0.1) is 21.0 Å². The zero-order valence-corrected chi connectivity index (χ0v) is 23.3. The number of aryl methyl sites for hydroxylation is 2. The maximum absolute atomic E-state index is 13.5. The summed E-state index contributed by atoms with van der Waals surface area (Å²) in [4.78, 5) is 34.2. The van der Waals surface area contributed by atoms with Crippen LogP contribution in [-0.2, 0) is 20.2 Å². The summed E-state index contributed by atoms with van der Waals surface area (Å²) in [6.45, 7) is 3.15. The Morgan fingerprint density at radius 3 is 1.31 bits per heavy atom. The van der Waals surface area contributed by atoms with E-state index in [2.05, 4.69) is 0 Å². The first-order chi connectivity index (χ1) is 19.7. The minimum absolute atomic E-state index is 0.0607. The summed E-state index contributed by atoms with van der Waals surface area (Å²) in [6.07, 6.45) is 0. The number of benzene rings is 4. The SMILES string of the molecule is Cc1ccccc1OS(=O)(=O)c1cc2c(c([N+](=O)[O-])c1)-c1c(cc(S(=O)(=O)Oc3ccccc3C)cc1[N+](=O)[O-])C2=O. The third-order valence-electron chi connectivity index (χ3n) is 6.48. The normalized spacial score (nSPS) is 12.4. The van der Waals surface area contributed by atoms with E-state index in [1.807, 2.05) is 0 Å². The summed E-state index contributed by atoms with van der Waals surface area (Å²) in [5.41, 5.74) is -3.12. The van der Waals surface area contributed by atoms with E-state index in [-0.39, 0.29) is 11.5 Å². The summed E-state index contributed by atoms with van der Waals surface area (Å²) in [6, 6.07) is 15.0. The molecule has 0 amide bonds. The highest BCUT2D eigenvalue weighted by Gasteiger charge is 2.42. The van der Waals surface area contributed by atoms with Gasteiger partial charge in [0.25, 0.3) is 11.4 Å². The maximum Gasteiger partial charge on any atom is 0.339 e. The van der Waals surface area contributed by atoms with E-state index in [1.165, 1.54) is 24.3 Å². The number of nitrogens with zero attached hydrogens (tertiary/aromatic N) is 2. The molecular formula is C27H18N2O11S2. The number of fused-ring (bicyclic) bond motifs is 3. The third kappa shape index (κ3) is 4.84. The Hall–Kier alpha value is -5.15. The summed E-state index contributed by atoms with van der Waals surface area (Å²) in [5, 5.41) is 24.2. The molecule has 5 rings (SSSR count). The molecule has 0 heterocycles. The molecule has 0 atom stereocenters. The van der Waals surface area contributed by atoms with Crippen LogP contribution in [0.5, 0.6) is 11.5 Å². The first-order valence-corrected chi connectivity index (χ1v) is 14.7. The average molecular weight is 611 g/mol. The topological polar surface area (TPSA) is 190 Å². The molecule has 0 bridgehead atoms. The van der Waals surface area contributed by atoms with Crippen molar-refractivity contribution in [2.24, 2.45) is 0 Å². The Morgan fingerprint density at radius 2 is 0.976 bits per heavy atom. The highest BCUT2D eigenvalue weighted by atomic mass is 32.2. The van der Waals surface area contributed by atoms with E-state index in [0.29, 0.717) is 23.3 Å². The first kappa shape index (κ1) is 28.4. The predicted octanol–water partition coefficient (Wildman–Crippen LogP) is 4.87.